The molecule has 1 aromatic carbocycles. The summed E-state index contributed by atoms with van der Waals surface area (Å²) in [5.41, 5.74) is 1.93. The van der Waals surface area contributed by atoms with Crippen molar-refractivity contribution in [1.82, 2.24) is 9.55 Å². The standard InChI is InChI=1S/C16H21Cl3N2/c1-10(2)4-5-11(3)21-15-9-13(19)12(18)8-14(15)20-16(21)6-7-17/h8-11H,4-7H2,1-3H3. The number of aromatic nitrogens is 2. The number of hydrogen-bond acceptors (Lipinski definition) is 1. The summed E-state index contributed by atoms with van der Waals surface area (Å²) in [7, 11) is 0. The van der Waals surface area contributed by atoms with Crippen molar-refractivity contribution in [3.05, 3.63) is 28.0 Å². The molecule has 5 heteroatoms. The van der Waals surface area contributed by atoms with Gasteiger partial charge in [0.2, 0.25) is 0 Å². The van der Waals surface area contributed by atoms with Crippen LogP contribution < -0.4 is 0 Å². The summed E-state index contributed by atoms with van der Waals surface area (Å²) in [6.45, 7) is 6.72. The third-order valence-corrected chi connectivity index (χ3v) is 4.64. The number of halogens is 3. The van der Waals surface area contributed by atoms with E-state index in [0.717, 1.165) is 29.7 Å². The second-order valence-electron chi connectivity index (χ2n) is 5.91. The monoisotopic (exact) mass is 346 g/mol. The first-order valence-corrected chi connectivity index (χ1v) is 8.65. The Balaban J connectivity index is 2.47. The van der Waals surface area contributed by atoms with Crippen LogP contribution in [-0.4, -0.2) is 15.4 Å². The van der Waals surface area contributed by atoms with Crippen molar-refractivity contribution >= 4 is 45.8 Å². The Morgan fingerprint density at radius 2 is 1.76 bits per heavy atom. The summed E-state index contributed by atoms with van der Waals surface area (Å²) < 4.78 is 2.27. The highest BCUT2D eigenvalue weighted by molar-refractivity contribution is 6.42. The number of rotatable bonds is 6. The molecular formula is C16H21Cl3N2. The first-order valence-electron chi connectivity index (χ1n) is 7.35. The number of nitrogens with zero attached hydrogens (tertiary/aromatic N) is 2. The van der Waals surface area contributed by atoms with E-state index >= 15 is 0 Å². The number of aryl methyl sites for hydroxylation is 1. The summed E-state index contributed by atoms with van der Waals surface area (Å²) >= 11 is 18.2. The van der Waals surface area contributed by atoms with Crippen LogP contribution in [0.3, 0.4) is 0 Å². The van der Waals surface area contributed by atoms with E-state index in [1.165, 1.54) is 6.42 Å². The van der Waals surface area contributed by atoms with Crippen LogP contribution >= 0.6 is 34.8 Å². The van der Waals surface area contributed by atoms with Crippen molar-refractivity contribution in [2.45, 2.75) is 46.1 Å². The first kappa shape index (κ1) is 16.9. The quantitative estimate of drug-likeness (QED) is 0.575. The molecule has 0 N–H and O–H groups in total. The van der Waals surface area contributed by atoms with E-state index in [-0.39, 0.29) is 0 Å². The molecule has 0 aliphatic rings. The van der Waals surface area contributed by atoms with Gasteiger partial charge >= 0.3 is 0 Å². The van der Waals surface area contributed by atoms with Crippen LogP contribution in [-0.2, 0) is 6.42 Å². The lowest BCUT2D eigenvalue weighted by Crippen LogP contribution is -2.11. The third-order valence-electron chi connectivity index (χ3n) is 3.73. The van der Waals surface area contributed by atoms with E-state index in [0.29, 0.717) is 27.9 Å². The zero-order valence-electron chi connectivity index (χ0n) is 12.7. The lowest BCUT2D eigenvalue weighted by atomic mass is 10.0. The van der Waals surface area contributed by atoms with Crippen LogP contribution in [0.1, 0.15) is 45.5 Å². The van der Waals surface area contributed by atoms with E-state index in [1.807, 2.05) is 12.1 Å². The second-order valence-corrected chi connectivity index (χ2v) is 7.10. The van der Waals surface area contributed by atoms with Gasteiger partial charge in [0.1, 0.15) is 5.82 Å². The normalized spacial score (nSPS) is 13.3. The van der Waals surface area contributed by atoms with Gasteiger partial charge in [0, 0.05) is 18.3 Å². The maximum absolute atomic E-state index is 6.18. The lowest BCUT2D eigenvalue weighted by Gasteiger charge is -2.18. The van der Waals surface area contributed by atoms with Gasteiger partial charge in [-0.1, -0.05) is 37.0 Å². The van der Waals surface area contributed by atoms with Crippen LogP contribution in [0.25, 0.3) is 11.0 Å². The van der Waals surface area contributed by atoms with E-state index in [4.69, 9.17) is 34.8 Å². The minimum Gasteiger partial charge on any atom is -0.325 e. The van der Waals surface area contributed by atoms with Gasteiger partial charge in [-0.05, 0) is 37.8 Å². The molecular weight excluding hydrogens is 327 g/mol. The lowest BCUT2D eigenvalue weighted by molar-refractivity contribution is 0.438. The molecule has 0 aliphatic heterocycles. The van der Waals surface area contributed by atoms with Crippen molar-refractivity contribution in [3.63, 3.8) is 0 Å². The van der Waals surface area contributed by atoms with Crippen LogP contribution in [0.15, 0.2) is 12.1 Å². The molecule has 0 fully saturated rings. The minimum atomic E-state index is 0.368. The van der Waals surface area contributed by atoms with Crippen LogP contribution in [0.4, 0.5) is 0 Å². The van der Waals surface area contributed by atoms with E-state index in [1.54, 1.807) is 0 Å². The molecule has 1 atom stereocenters. The Bertz CT molecular complexity index is 619. The summed E-state index contributed by atoms with van der Waals surface area (Å²) in [5.74, 6) is 2.26. The Morgan fingerprint density at radius 3 is 2.38 bits per heavy atom. The van der Waals surface area contributed by atoms with Gasteiger partial charge in [-0.2, -0.15) is 0 Å². The summed E-state index contributed by atoms with van der Waals surface area (Å²) in [5, 5.41) is 1.11. The number of alkyl halides is 1. The molecule has 0 bridgehead atoms. The molecule has 0 aliphatic carbocycles. The average Bonchev–Trinajstić information content (AvgIpc) is 2.74. The molecule has 1 aromatic heterocycles. The molecule has 0 saturated carbocycles. The molecule has 1 heterocycles. The third kappa shape index (κ3) is 3.85. The molecule has 1 unspecified atom stereocenters. The van der Waals surface area contributed by atoms with Gasteiger partial charge in [-0.15, -0.1) is 11.6 Å². The summed E-state index contributed by atoms with van der Waals surface area (Å²) in [6, 6.07) is 4.12. The Labute approximate surface area is 141 Å². The van der Waals surface area contributed by atoms with E-state index < -0.39 is 0 Å². The van der Waals surface area contributed by atoms with E-state index in [9.17, 15) is 0 Å². The smallest absolute Gasteiger partial charge is 0.111 e. The summed E-state index contributed by atoms with van der Waals surface area (Å²) in [4.78, 5) is 4.69. The van der Waals surface area contributed by atoms with Crippen molar-refractivity contribution in [2.75, 3.05) is 5.88 Å². The van der Waals surface area contributed by atoms with Crippen molar-refractivity contribution in [3.8, 4) is 0 Å². The fourth-order valence-electron chi connectivity index (χ4n) is 2.60. The van der Waals surface area contributed by atoms with Gasteiger partial charge in [0.15, 0.2) is 0 Å². The van der Waals surface area contributed by atoms with Crippen LogP contribution in [0.2, 0.25) is 10.0 Å². The molecule has 116 valence electrons. The molecule has 0 saturated heterocycles. The topological polar surface area (TPSA) is 17.8 Å². The molecule has 2 rings (SSSR count). The number of imidazole rings is 1. The van der Waals surface area contributed by atoms with Crippen LogP contribution in [0, 0.1) is 5.92 Å². The number of benzene rings is 1. The van der Waals surface area contributed by atoms with Gasteiger partial charge in [0.05, 0.1) is 21.1 Å². The van der Waals surface area contributed by atoms with Gasteiger partial charge in [0.25, 0.3) is 0 Å². The SMILES string of the molecule is CC(C)CCC(C)n1c(CCCl)nc2cc(Cl)c(Cl)cc21. The fraction of sp³-hybridized carbons (Fsp3) is 0.562. The average molecular weight is 348 g/mol. The predicted octanol–water partition coefficient (Wildman–Crippen LogP) is 6.12. The molecule has 2 aromatic rings. The maximum atomic E-state index is 6.18. The summed E-state index contributed by atoms with van der Waals surface area (Å²) in [6.07, 6.45) is 3.04. The predicted molar refractivity (Wildman–Crippen MR) is 93.0 cm³/mol. The van der Waals surface area contributed by atoms with Gasteiger partial charge in [-0.25, -0.2) is 4.98 Å². The second kappa shape index (κ2) is 7.21. The first-order chi connectivity index (χ1) is 9.93. The van der Waals surface area contributed by atoms with Crippen molar-refractivity contribution in [2.24, 2.45) is 5.92 Å². The molecule has 2 nitrogen and oxygen atoms in total. The Kier molecular flexibility index (Phi) is 5.81. The number of hydrogen-bond donors (Lipinski definition) is 0. The van der Waals surface area contributed by atoms with Crippen LogP contribution in [0.5, 0.6) is 0 Å². The Hall–Kier alpha value is -0.440. The van der Waals surface area contributed by atoms with Gasteiger partial charge in [-0.3, -0.25) is 0 Å². The highest BCUT2D eigenvalue weighted by atomic mass is 35.5. The minimum absolute atomic E-state index is 0.368. The highest BCUT2D eigenvalue weighted by Gasteiger charge is 2.17. The molecule has 0 amide bonds. The zero-order valence-corrected chi connectivity index (χ0v) is 14.9. The van der Waals surface area contributed by atoms with Gasteiger partial charge < -0.3 is 4.57 Å². The molecule has 0 radical (unpaired) electrons. The highest BCUT2D eigenvalue weighted by Crippen LogP contribution is 2.31. The Morgan fingerprint density at radius 1 is 1.10 bits per heavy atom. The van der Waals surface area contributed by atoms with Crippen molar-refractivity contribution in [1.29, 1.82) is 0 Å². The molecule has 0 spiro atoms. The van der Waals surface area contributed by atoms with E-state index in [2.05, 4.69) is 30.3 Å². The number of fused-ring (bicyclic) bond motifs is 1. The zero-order chi connectivity index (χ0) is 15.6. The fourth-order valence-corrected chi connectivity index (χ4v) is 3.08. The largest absolute Gasteiger partial charge is 0.325 e. The molecule has 21 heavy (non-hydrogen) atoms. The van der Waals surface area contributed by atoms with Crippen molar-refractivity contribution < 1.29 is 0 Å². The maximum Gasteiger partial charge on any atom is 0.111 e.